The van der Waals surface area contributed by atoms with E-state index in [1.54, 1.807) is 16.3 Å². The number of thiophene rings is 1. The zero-order valence-corrected chi connectivity index (χ0v) is 16.6. The maximum atomic E-state index is 12.3. The van der Waals surface area contributed by atoms with Crippen molar-refractivity contribution in [3.05, 3.63) is 34.1 Å². The van der Waals surface area contributed by atoms with E-state index in [9.17, 15) is 13.2 Å². The van der Waals surface area contributed by atoms with E-state index in [4.69, 9.17) is 4.52 Å². The molecule has 1 aliphatic heterocycles. The summed E-state index contributed by atoms with van der Waals surface area (Å²) in [6.07, 6.45) is 1.56. The predicted molar refractivity (Wildman–Crippen MR) is 97.7 cm³/mol. The third kappa shape index (κ3) is 4.13. The minimum atomic E-state index is -3.40. The van der Waals surface area contributed by atoms with Gasteiger partial charge in [-0.1, -0.05) is 19.0 Å². The summed E-state index contributed by atoms with van der Waals surface area (Å²) in [6.45, 7) is 4.96. The highest BCUT2D eigenvalue weighted by molar-refractivity contribution is 7.88. The number of sulfonamides is 1. The predicted octanol–water partition coefficient (Wildman–Crippen LogP) is 1.58. The summed E-state index contributed by atoms with van der Waals surface area (Å²) >= 11 is 1.46. The van der Waals surface area contributed by atoms with Crippen LogP contribution in [-0.4, -0.2) is 65.6 Å². The third-order valence-electron chi connectivity index (χ3n) is 4.28. The fourth-order valence-corrected chi connectivity index (χ4v) is 4.53. The molecule has 0 bridgehead atoms. The number of hydrogen-bond acceptors (Lipinski definition) is 7. The van der Waals surface area contributed by atoms with Gasteiger partial charge in [-0.3, -0.25) is 4.79 Å². The molecule has 2 aromatic heterocycles. The van der Waals surface area contributed by atoms with Crippen LogP contribution in [0.4, 0.5) is 0 Å². The second-order valence-electron chi connectivity index (χ2n) is 6.70. The molecule has 1 amide bonds. The number of amides is 1. The van der Waals surface area contributed by atoms with Gasteiger partial charge < -0.3 is 9.42 Å². The minimum absolute atomic E-state index is 0.0595. The Balaban J connectivity index is 1.60. The molecular formula is C16H22N4O4S2. The summed E-state index contributed by atoms with van der Waals surface area (Å²) in [5.41, 5.74) is 0.646. The SMILES string of the molecule is CC(C)c1nc(CCN(C2CN(C(=O)c3ccsc3)C2)S(C)(=O)=O)no1. The maximum absolute atomic E-state index is 12.3. The smallest absolute Gasteiger partial charge is 0.254 e. The van der Waals surface area contributed by atoms with Gasteiger partial charge in [-0.05, 0) is 11.4 Å². The van der Waals surface area contributed by atoms with Crippen LogP contribution in [-0.2, 0) is 16.4 Å². The monoisotopic (exact) mass is 398 g/mol. The van der Waals surface area contributed by atoms with Crippen LogP contribution in [0.5, 0.6) is 0 Å². The molecule has 142 valence electrons. The van der Waals surface area contributed by atoms with Crippen LogP contribution in [0.3, 0.4) is 0 Å². The summed E-state index contributed by atoms with van der Waals surface area (Å²) in [5, 5.41) is 7.55. The Bertz CT molecular complexity index is 855. The summed E-state index contributed by atoms with van der Waals surface area (Å²) in [5.74, 6) is 1.11. The lowest BCUT2D eigenvalue weighted by atomic mass is 10.1. The third-order valence-corrected chi connectivity index (χ3v) is 6.30. The van der Waals surface area contributed by atoms with Crippen molar-refractivity contribution in [3.8, 4) is 0 Å². The molecule has 1 fully saturated rings. The molecule has 1 aliphatic rings. The van der Waals surface area contributed by atoms with Gasteiger partial charge >= 0.3 is 0 Å². The Kier molecular flexibility index (Phi) is 5.44. The lowest BCUT2D eigenvalue weighted by Crippen LogP contribution is -2.62. The molecule has 1 saturated heterocycles. The molecule has 0 spiro atoms. The number of hydrogen-bond donors (Lipinski definition) is 0. The van der Waals surface area contributed by atoms with Crippen LogP contribution in [0.25, 0.3) is 0 Å². The van der Waals surface area contributed by atoms with Crippen molar-refractivity contribution >= 4 is 27.3 Å². The van der Waals surface area contributed by atoms with Gasteiger partial charge in [0.15, 0.2) is 5.82 Å². The Morgan fingerprint density at radius 2 is 2.19 bits per heavy atom. The van der Waals surface area contributed by atoms with Crippen molar-refractivity contribution in [2.75, 3.05) is 25.9 Å². The van der Waals surface area contributed by atoms with E-state index >= 15 is 0 Å². The average molecular weight is 399 g/mol. The lowest BCUT2D eigenvalue weighted by molar-refractivity contribution is 0.0454. The Labute approximate surface area is 156 Å². The molecule has 2 aromatic rings. The number of carbonyl (C=O) groups is 1. The van der Waals surface area contributed by atoms with Crippen LogP contribution < -0.4 is 0 Å². The van der Waals surface area contributed by atoms with E-state index < -0.39 is 10.0 Å². The van der Waals surface area contributed by atoms with Gasteiger partial charge in [-0.15, -0.1) is 0 Å². The van der Waals surface area contributed by atoms with Crippen molar-refractivity contribution in [3.63, 3.8) is 0 Å². The second-order valence-corrected chi connectivity index (χ2v) is 9.42. The first-order chi connectivity index (χ1) is 12.3. The van der Waals surface area contributed by atoms with E-state index in [2.05, 4.69) is 10.1 Å². The number of rotatable bonds is 7. The fourth-order valence-electron chi connectivity index (χ4n) is 2.80. The first-order valence-corrected chi connectivity index (χ1v) is 11.2. The highest BCUT2D eigenvalue weighted by atomic mass is 32.2. The van der Waals surface area contributed by atoms with Crippen molar-refractivity contribution in [2.45, 2.75) is 32.2 Å². The first kappa shape index (κ1) is 19.0. The van der Waals surface area contributed by atoms with Gasteiger partial charge in [0.1, 0.15) is 0 Å². The summed E-state index contributed by atoms with van der Waals surface area (Å²) in [4.78, 5) is 18.2. The molecule has 0 unspecified atom stereocenters. The molecule has 0 atom stereocenters. The molecule has 8 nitrogen and oxygen atoms in total. The molecule has 3 rings (SSSR count). The van der Waals surface area contributed by atoms with Crippen LogP contribution in [0, 0.1) is 0 Å². The van der Waals surface area contributed by atoms with Crippen LogP contribution in [0.1, 0.15) is 41.8 Å². The zero-order chi connectivity index (χ0) is 18.9. The number of likely N-dealkylation sites (tertiary alicyclic amines) is 1. The van der Waals surface area contributed by atoms with E-state index in [0.29, 0.717) is 36.8 Å². The van der Waals surface area contributed by atoms with Crippen LogP contribution in [0.15, 0.2) is 21.3 Å². The van der Waals surface area contributed by atoms with Gasteiger partial charge in [-0.2, -0.15) is 20.6 Å². The molecule has 0 saturated carbocycles. The number of aromatic nitrogens is 2. The maximum Gasteiger partial charge on any atom is 0.254 e. The van der Waals surface area contributed by atoms with Gasteiger partial charge in [0.25, 0.3) is 5.91 Å². The van der Waals surface area contributed by atoms with Crippen LogP contribution in [0.2, 0.25) is 0 Å². The molecule has 26 heavy (non-hydrogen) atoms. The minimum Gasteiger partial charge on any atom is -0.339 e. The fraction of sp³-hybridized carbons (Fsp3) is 0.562. The quantitative estimate of drug-likeness (QED) is 0.703. The largest absolute Gasteiger partial charge is 0.339 e. The van der Waals surface area contributed by atoms with Gasteiger partial charge in [0.05, 0.1) is 17.9 Å². The molecule has 0 aliphatic carbocycles. The summed E-state index contributed by atoms with van der Waals surface area (Å²) in [6, 6.07) is 1.56. The Morgan fingerprint density at radius 1 is 1.46 bits per heavy atom. The second kappa shape index (κ2) is 7.45. The Hall–Kier alpha value is -1.78. The van der Waals surface area contributed by atoms with Crippen LogP contribution >= 0.6 is 11.3 Å². The summed E-state index contributed by atoms with van der Waals surface area (Å²) < 4.78 is 30.9. The van der Waals surface area contributed by atoms with Crippen molar-refractivity contribution < 1.29 is 17.7 Å². The Morgan fingerprint density at radius 3 is 2.73 bits per heavy atom. The van der Waals surface area contributed by atoms with Gasteiger partial charge in [-0.25, -0.2) is 8.42 Å². The number of nitrogens with zero attached hydrogens (tertiary/aromatic N) is 4. The van der Waals surface area contributed by atoms with E-state index in [1.807, 2.05) is 19.2 Å². The molecule has 0 aromatic carbocycles. The molecule has 3 heterocycles. The number of carbonyl (C=O) groups excluding carboxylic acids is 1. The molecular weight excluding hydrogens is 376 g/mol. The topological polar surface area (TPSA) is 96.6 Å². The van der Waals surface area contributed by atoms with E-state index in [-0.39, 0.29) is 24.4 Å². The van der Waals surface area contributed by atoms with Gasteiger partial charge in [0.2, 0.25) is 15.9 Å². The lowest BCUT2D eigenvalue weighted by Gasteiger charge is -2.44. The highest BCUT2D eigenvalue weighted by Gasteiger charge is 2.39. The van der Waals surface area contributed by atoms with Crippen molar-refractivity contribution in [1.82, 2.24) is 19.3 Å². The highest BCUT2D eigenvalue weighted by Crippen LogP contribution is 2.22. The van der Waals surface area contributed by atoms with Gasteiger partial charge in [0, 0.05) is 37.4 Å². The summed E-state index contributed by atoms with van der Waals surface area (Å²) in [7, 11) is -3.40. The van der Waals surface area contributed by atoms with Crippen molar-refractivity contribution in [2.24, 2.45) is 0 Å². The van der Waals surface area contributed by atoms with E-state index in [1.165, 1.54) is 21.9 Å². The first-order valence-electron chi connectivity index (χ1n) is 8.36. The molecule has 0 N–H and O–H groups in total. The molecule has 10 heteroatoms. The average Bonchev–Trinajstić information content (AvgIpc) is 3.18. The molecule has 0 radical (unpaired) electrons. The standard InChI is InChI=1S/C16H22N4O4S2/c1-11(2)15-17-14(18-24-15)4-6-20(26(3,22)23)13-8-19(9-13)16(21)12-5-7-25-10-12/h5,7,10-11,13H,4,6,8-9H2,1-3H3. The zero-order valence-electron chi connectivity index (χ0n) is 15.0. The van der Waals surface area contributed by atoms with Crippen molar-refractivity contribution in [1.29, 1.82) is 0 Å². The van der Waals surface area contributed by atoms with E-state index in [0.717, 1.165) is 0 Å². The normalized spacial score (nSPS) is 15.7.